The van der Waals surface area contributed by atoms with Gasteiger partial charge in [-0.15, -0.1) is 0 Å². The second-order valence-electron chi connectivity index (χ2n) is 7.03. The minimum Gasteiger partial charge on any atom is -0.493 e. The van der Waals surface area contributed by atoms with Gasteiger partial charge in [-0.1, -0.05) is 17.7 Å². The number of fused-ring (bicyclic) bond motifs is 1. The molecule has 1 aliphatic rings. The first kappa shape index (κ1) is 21.8. The monoisotopic (exact) mass is 432 g/mol. The summed E-state index contributed by atoms with van der Waals surface area (Å²) in [6, 6.07) is 8.22. The zero-order chi connectivity index (χ0) is 21.8. The van der Waals surface area contributed by atoms with Crippen LogP contribution in [-0.2, 0) is 16.0 Å². The first-order chi connectivity index (χ1) is 14.4. The van der Waals surface area contributed by atoms with Crippen LogP contribution in [0.1, 0.15) is 29.2 Å². The normalized spacial score (nSPS) is 15.2. The van der Waals surface area contributed by atoms with E-state index in [2.05, 4.69) is 5.32 Å². The van der Waals surface area contributed by atoms with Crippen LogP contribution < -0.4 is 14.8 Å². The molecule has 0 bridgehead atoms. The Morgan fingerprint density at radius 1 is 1.13 bits per heavy atom. The van der Waals surface area contributed by atoms with E-state index in [0.717, 1.165) is 16.7 Å². The van der Waals surface area contributed by atoms with Crippen molar-refractivity contribution < 1.29 is 23.8 Å². The fourth-order valence-corrected chi connectivity index (χ4v) is 3.82. The number of methoxy groups -OCH3 is 3. The third-order valence-corrected chi connectivity index (χ3v) is 5.53. The molecule has 30 heavy (non-hydrogen) atoms. The van der Waals surface area contributed by atoms with Gasteiger partial charge < -0.3 is 24.4 Å². The van der Waals surface area contributed by atoms with Gasteiger partial charge in [0, 0.05) is 17.3 Å². The third kappa shape index (κ3) is 4.46. The maximum absolute atomic E-state index is 13.2. The van der Waals surface area contributed by atoms with Gasteiger partial charge in [-0.3, -0.25) is 4.79 Å². The molecule has 0 saturated carbocycles. The summed E-state index contributed by atoms with van der Waals surface area (Å²) >= 11 is 6.08. The number of nitrogens with one attached hydrogen (secondary N) is 1. The Hall–Kier alpha value is -2.93. The molecule has 1 aliphatic heterocycles. The lowest BCUT2D eigenvalue weighted by Gasteiger charge is -2.37. The van der Waals surface area contributed by atoms with E-state index in [4.69, 9.17) is 25.8 Å². The zero-order valence-corrected chi connectivity index (χ0v) is 18.2. The second kappa shape index (κ2) is 9.26. The van der Waals surface area contributed by atoms with Crippen LogP contribution in [0.3, 0.4) is 0 Å². The van der Waals surface area contributed by atoms with Gasteiger partial charge in [0.15, 0.2) is 11.5 Å². The highest BCUT2D eigenvalue weighted by Gasteiger charge is 2.34. The minimum atomic E-state index is -0.500. The number of halogens is 1. The predicted octanol–water partition coefficient (Wildman–Crippen LogP) is 4.36. The molecule has 1 atom stereocenters. The van der Waals surface area contributed by atoms with Gasteiger partial charge in [-0.05, 0) is 54.3 Å². The van der Waals surface area contributed by atoms with Crippen molar-refractivity contribution >= 4 is 29.3 Å². The van der Waals surface area contributed by atoms with Crippen molar-refractivity contribution in [2.75, 3.05) is 33.2 Å². The molecule has 0 radical (unpaired) electrons. The zero-order valence-electron chi connectivity index (χ0n) is 17.5. The van der Waals surface area contributed by atoms with E-state index < -0.39 is 12.0 Å². The molecule has 3 rings (SSSR count). The van der Waals surface area contributed by atoms with Crippen LogP contribution >= 0.6 is 11.6 Å². The number of esters is 1. The van der Waals surface area contributed by atoms with Crippen molar-refractivity contribution in [3.8, 4) is 11.5 Å². The van der Waals surface area contributed by atoms with Gasteiger partial charge in [-0.2, -0.15) is 0 Å². The number of hydrogen-bond donors (Lipinski definition) is 1. The summed E-state index contributed by atoms with van der Waals surface area (Å²) < 4.78 is 15.7. The summed E-state index contributed by atoms with van der Waals surface area (Å²) in [4.78, 5) is 26.9. The van der Waals surface area contributed by atoms with E-state index in [1.165, 1.54) is 7.11 Å². The number of rotatable bonds is 5. The maximum atomic E-state index is 13.2. The Morgan fingerprint density at radius 2 is 1.83 bits per heavy atom. The van der Waals surface area contributed by atoms with Gasteiger partial charge in [0.2, 0.25) is 0 Å². The summed E-state index contributed by atoms with van der Waals surface area (Å²) in [6.45, 7) is 2.33. The molecule has 2 aromatic rings. The highest BCUT2D eigenvalue weighted by Crippen LogP contribution is 2.40. The van der Waals surface area contributed by atoms with Gasteiger partial charge in [0.1, 0.15) is 0 Å². The Labute approximate surface area is 180 Å². The number of carbonyl (C=O) groups excluding carboxylic acids is 2. The SMILES string of the molecule is COC(=O)C[C@H]1c2cc(OC)c(OC)cc2CCN1C(=O)Nc1cc(Cl)ccc1C. The van der Waals surface area contributed by atoms with Crippen LogP contribution in [0.5, 0.6) is 11.5 Å². The first-order valence-corrected chi connectivity index (χ1v) is 9.91. The number of hydrogen-bond acceptors (Lipinski definition) is 5. The number of nitrogens with zero attached hydrogens (tertiary/aromatic N) is 1. The molecule has 8 heteroatoms. The lowest BCUT2D eigenvalue weighted by atomic mass is 9.90. The number of benzene rings is 2. The number of urea groups is 1. The lowest BCUT2D eigenvalue weighted by molar-refractivity contribution is -0.141. The smallest absolute Gasteiger partial charge is 0.322 e. The Balaban J connectivity index is 1.97. The molecule has 1 heterocycles. The maximum Gasteiger partial charge on any atom is 0.322 e. The molecule has 0 fully saturated rings. The minimum absolute atomic E-state index is 0.0287. The van der Waals surface area contributed by atoms with E-state index in [-0.39, 0.29) is 12.5 Å². The van der Waals surface area contributed by atoms with Gasteiger partial charge in [0.25, 0.3) is 0 Å². The average molecular weight is 433 g/mol. The molecule has 0 saturated heterocycles. The van der Waals surface area contributed by atoms with Crippen molar-refractivity contribution in [2.45, 2.75) is 25.8 Å². The molecule has 0 spiro atoms. The van der Waals surface area contributed by atoms with E-state index in [1.54, 1.807) is 31.3 Å². The van der Waals surface area contributed by atoms with Crippen molar-refractivity contribution in [1.29, 1.82) is 0 Å². The second-order valence-corrected chi connectivity index (χ2v) is 7.47. The van der Waals surface area contributed by atoms with Gasteiger partial charge in [-0.25, -0.2) is 4.79 Å². The van der Waals surface area contributed by atoms with Crippen molar-refractivity contribution in [1.82, 2.24) is 4.90 Å². The Bertz CT molecular complexity index is 963. The van der Waals surface area contributed by atoms with Crippen LogP contribution in [-0.4, -0.2) is 44.8 Å². The highest BCUT2D eigenvalue weighted by atomic mass is 35.5. The molecule has 2 aromatic carbocycles. The summed E-state index contributed by atoms with van der Waals surface area (Å²) in [5.41, 5.74) is 3.36. The summed E-state index contributed by atoms with van der Waals surface area (Å²) in [5.74, 6) is 0.749. The molecule has 0 unspecified atom stereocenters. The van der Waals surface area contributed by atoms with Gasteiger partial charge in [0.05, 0.1) is 33.8 Å². The van der Waals surface area contributed by atoms with Crippen molar-refractivity contribution in [3.05, 3.63) is 52.0 Å². The van der Waals surface area contributed by atoms with Crippen LogP contribution in [0.2, 0.25) is 5.02 Å². The Morgan fingerprint density at radius 3 is 2.50 bits per heavy atom. The van der Waals surface area contributed by atoms with Crippen molar-refractivity contribution in [2.24, 2.45) is 0 Å². The molecule has 1 N–H and O–H groups in total. The van der Waals surface area contributed by atoms with Gasteiger partial charge >= 0.3 is 12.0 Å². The third-order valence-electron chi connectivity index (χ3n) is 5.29. The largest absolute Gasteiger partial charge is 0.493 e. The van der Waals surface area contributed by atoms with E-state index in [0.29, 0.717) is 35.2 Å². The number of ether oxygens (including phenoxy) is 3. The molecular formula is C22H25ClN2O5. The van der Waals surface area contributed by atoms with Crippen LogP contribution in [0.25, 0.3) is 0 Å². The first-order valence-electron chi connectivity index (χ1n) is 9.53. The van der Waals surface area contributed by atoms with E-state index in [9.17, 15) is 9.59 Å². The topological polar surface area (TPSA) is 77.1 Å². The average Bonchev–Trinajstić information content (AvgIpc) is 2.75. The van der Waals surface area contributed by atoms with Crippen LogP contribution in [0, 0.1) is 6.92 Å². The van der Waals surface area contributed by atoms with Crippen molar-refractivity contribution in [3.63, 3.8) is 0 Å². The predicted molar refractivity (Wildman–Crippen MR) is 115 cm³/mol. The summed E-state index contributed by atoms with van der Waals surface area (Å²) in [6.07, 6.45) is 0.649. The quantitative estimate of drug-likeness (QED) is 0.710. The molecule has 160 valence electrons. The molecule has 0 aliphatic carbocycles. The number of carbonyl (C=O) groups is 2. The molecular weight excluding hydrogens is 408 g/mol. The Kier molecular flexibility index (Phi) is 6.72. The van der Waals surface area contributed by atoms with E-state index in [1.807, 2.05) is 25.1 Å². The lowest BCUT2D eigenvalue weighted by Crippen LogP contribution is -2.43. The summed E-state index contributed by atoms with van der Waals surface area (Å²) in [7, 11) is 4.46. The molecule has 2 amide bonds. The summed E-state index contributed by atoms with van der Waals surface area (Å²) in [5, 5.41) is 3.45. The molecule has 7 nitrogen and oxygen atoms in total. The van der Waals surface area contributed by atoms with Crippen LogP contribution in [0.15, 0.2) is 30.3 Å². The fourth-order valence-electron chi connectivity index (χ4n) is 3.65. The molecule has 0 aromatic heterocycles. The standard InChI is InChI=1S/C22H25ClN2O5/c1-13-5-6-15(23)10-17(13)24-22(27)25-8-7-14-9-19(28-2)20(29-3)11-16(14)18(25)12-21(26)30-4/h5-6,9-11,18H,7-8,12H2,1-4H3,(H,24,27)/t18-/m0/s1. The van der Waals surface area contributed by atoms with Crippen LogP contribution in [0.4, 0.5) is 10.5 Å². The fraction of sp³-hybridized carbons (Fsp3) is 0.364. The number of amides is 2. The number of anilines is 1. The highest BCUT2D eigenvalue weighted by molar-refractivity contribution is 6.31. The number of aryl methyl sites for hydroxylation is 1. The van der Waals surface area contributed by atoms with E-state index >= 15 is 0 Å².